The number of thiophene rings is 1. The molecule has 0 aliphatic heterocycles. The van der Waals surface area contributed by atoms with Crippen LogP contribution < -0.4 is 16.2 Å². The van der Waals surface area contributed by atoms with Gasteiger partial charge in [0.05, 0.1) is 17.2 Å². The Morgan fingerprint density at radius 2 is 2.03 bits per heavy atom. The number of nitrogens with one attached hydrogen (secondary N) is 2. The number of carbonyl (C=O) groups is 3. The smallest absolute Gasteiger partial charge is 0.326 e. The van der Waals surface area contributed by atoms with E-state index < -0.39 is 31.1 Å². The highest BCUT2D eigenvalue weighted by atomic mass is 32.1. The molecule has 2 heterocycles. The number of esters is 1. The van der Waals surface area contributed by atoms with E-state index in [1.165, 1.54) is 6.33 Å². The lowest BCUT2D eigenvalue weighted by Crippen LogP contribution is -2.42. The second kappa shape index (κ2) is 9.79. The third-order valence-corrected chi connectivity index (χ3v) is 5.15. The summed E-state index contributed by atoms with van der Waals surface area (Å²) in [4.78, 5) is 53.2. The molecule has 0 saturated carbocycles. The summed E-state index contributed by atoms with van der Waals surface area (Å²) in [5.74, 6) is -1.56. The average Bonchev–Trinajstić information content (AvgIpc) is 3.22. The maximum atomic E-state index is 12.5. The Kier molecular flexibility index (Phi) is 6.91. The van der Waals surface area contributed by atoms with Crippen LogP contribution in [0, 0.1) is 6.92 Å². The van der Waals surface area contributed by atoms with Gasteiger partial charge in [0.25, 0.3) is 11.5 Å². The second-order valence-corrected chi connectivity index (χ2v) is 7.48. The van der Waals surface area contributed by atoms with Crippen LogP contribution in [-0.4, -0.2) is 40.6 Å². The number of benzene rings is 1. The van der Waals surface area contributed by atoms with Crippen LogP contribution >= 0.6 is 11.3 Å². The molecule has 9 nitrogen and oxygen atoms in total. The van der Waals surface area contributed by atoms with Crippen molar-refractivity contribution in [3.63, 3.8) is 0 Å². The molecule has 30 heavy (non-hydrogen) atoms. The molecule has 0 atom stereocenters. The van der Waals surface area contributed by atoms with Crippen molar-refractivity contribution in [3.05, 3.63) is 62.8 Å². The van der Waals surface area contributed by atoms with Gasteiger partial charge in [-0.2, -0.15) is 0 Å². The highest BCUT2D eigenvalue weighted by molar-refractivity contribution is 7.09. The largest absolute Gasteiger partial charge is 0.454 e. The SMILES string of the molecule is Cc1cccc2c(=O)n(CC(=O)OCC(=O)NC(=O)NCCc3cccs3)cnc12. The lowest BCUT2D eigenvalue weighted by atomic mass is 10.1. The van der Waals surface area contributed by atoms with Crippen molar-refractivity contribution in [2.75, 3.05) is 13.2 Å². The number of hydrogen-bond acceptors (Lipinski definition) is 7. The van der Waals surface area contributed by atoms with Crippen molar-refractivity contribution in [2.45, 2.75) is 19.9 Å². The molecule has 10 heteroatoms. The van der Waals surface area contributed by atoms with E-state index >= 15 is 0 Å². The summed E-state index contributed by atoms with van der Waals surface area (Å²) in [6, 6.07) is 8.40. The first-order chi connectivity index (χ1) is 14.4. The zero-order valence-electron chi connectivity index (χ0n) is 16.2. The first-order valence-corrected chi connectivity index (χ1v) is 10.0. The average molecular weight is 428 g/mol. The minimum absolute atomic E-state index is 0.372. The van der Waals surface area contributed by atoms with Gasteiger partial charge in [-0.05, 0) is 36.4 Å². The Bertz CT molecular complexity index is 1120. The van der Waals surface area contributed by atoms with E-state index in [1.54, 1.807) is 23.5 Å². The highest BCUT2D eigenvalue weighted by Gasteiger charge is 2.13. The quantitative estimate of drug-likeness (QED) is 0.549. The van der Waals surface area contributed by atoms with E-state index in [1.807, 2.05) is 30.5 Å². The van der Waals surface area contributed by atoms with Gasteiger partial charge in [-0.25, -0.2) is 9.78 Å². The van der Waals surface area contributed by atoms with E-state index in [2.05, 4.69) is 15.6 Å². The van der Waals surface area contributed by atoms with Gasteiger partial charge < -0.3 is 10.1 Å². The predicted octanol–water partition coefficient (Wildman–Crippen LogP) is 1.38. The number of hydrogen-bond donors (Lipinski definition) is 2. The Balaban J connectivity index is 1.44. The van der Waals surface area contributed by atoms with E-state index in [9.17, 15) is 19.2 Å². The molecule has 2 aromatic heterocycles. The fourth-order valence-electron chi connectivity index (χ4n) is 2.74. The van der Waals surface area contributed by atoms with Gasteiger partial charge in [-0.3, -0.25) is 24.3 Å². The van der Waals surface area contributed by atoms with Crippen LogP contribution in [0.5, 0.6) is 0 Å². The van der Waals surface area contributed by atoms with Crippen molar-refractivity contribution < 1.29 is 19.1 Å². The summed E-state index contributed by atoms with van der Waals surface area (Å²) in [5.41, 5.74) is 1.04. The molecule has 0 aliphatic rings. The van der Waals surface area contributed by atoms with Crippen LogP contribution in [0.15, 0.2) is 46.8 Å². The maximum Gasteiger partial charge on any atom is 0.326 e. The number of para-hydroxylation sites is 1. The van der Waals surface area contributed by atoms with Crippen molar-refractivity contribution in [3.8, 4) is 0 Å². The van der Waals surface area contributed by atoms with Crippen LogP contribution in [0.3, 0.4) is 0 Å². The summed E-state index contributed by atoms with van der Waals surface area (Å²) in [6.45, 7) is 1.18. The normalized spacial score (nSPS) is 10.6. The molecule has 3 rings (SSSR count). The monoisotopic (exact) mass is 428 g/mol. The van der Waals surface area contributed by atoms with Crippen molar-refractivity contribution >= 4 is 40.1 Å². The molecule has 3 amide bonds. The molecular formula is C20H20N4O5S. The summed E-state index contributed by atoms with van der Waals surface area (Å²) in [6.07, 6.45) is 1.92. The maximum absolute atomic E-state index is 12.5. The van der Waals surface area contributed by atoms with Crippen LogP contribution in [0.1, 0.15) is 10.4 Å². The predicted molar refractivity (Wildman–Crippen MR) is 111 cm³/mol. The van der Waals surface area contributed by atoms with Gasteiger partial charge in [-0.15, -0.1) is 11.3 Å². The number of carbonyl (C=O) groups excluding carboxylic acids is 3. The lowest BCUT2D eigenvalue weighted by Gasteiger charge is -2.09. The first-order valence-electron chi connectivity index (χ1n) is 9.14. The van der Waals surface area contributed by atoms with Crippen LogP contribution in [0.2, 0.25) is 0 Å². The molecule has 2 N–H and O–H groups in total. The van der Waals surface area contributed by atoms with Gasteiger partial charge in [0.15, 0.2) is 6.61 Å². The van der Waals surface area contributed by atoms with Gasteiger partial charge in [0.1, 0.15) is 6.54 Å². The third-order valence-electron chi connectivity index (χ3n) is 4.21. The lowest BCUT2D eigenvalue weighted by molar-refractivity contribution is -0.148. The van der Waals surface area contributed by atoms with E-state index in [0.717, 1.165) is 15.0 Å². The fourth-order valence-corrected chi connectivity index (χ4v) is 3.45. The number of amides is 3. The minimum atomic E-state index is -0.792. The molecule has 156 valence electrons. The summed E-state index contributed by atoms with van der Waals surface area (Å²) < 4.78 is 5.96. The molecule has 0 unspecified atom stereocenters. The third kappa shape index (κ3) is 5.51. The van der Waals surface area contributed by atoms with Crippen LogP contribution in [0.25, 0.3) is 10.9 Å². The topological polar surface area (TPSA) is 119 Å². The van der Waals surface area contributed by atoms with Crippen molar-refractivity contribution in [1.82, 2.24) is 20.2 Å². The summed E-state index contributed by atoms with van der Waals surface area (Å²) in [5, 5.41) is 6.96. The first kappa shape index (κ1) is 21.2. The molecule has 3 aromatic rings. The summed E-state index contributed by atoms with van der Waals surface area (Å²) >= 11 is 1.58. The second-order valence-electron chi connectivity index (χ2n) is 6.44. The van der Waals surface area contributed by atoms with Gasteiger partial charge in [0, 0.05) is 11.4 Å². The number of aryl methyl sites for hydroxylation is 1. The number of rotatable bonds is 7. The number of aromatic nitrogens is 2. The van der Waals surface area contributed by atoms with Crippen LogP contribution in [-0.2, 0) is 27.3 Å². The molecule has 0 fully saturated rings. The van der Waals surface area contributed by atoms with E-state index in [4.69, 9.17) is 4.74 Å². The number of ether oxygens (including phenoxy) is 1. The van der Waals surface area contributed by atoms with E-state index in [0.29, 0.717) is 23.9 Å². The van der Waals surface area contributed by atoms with Crippen LogP contribution in [0.4, 0.5) is 4.79 Å². The Hall–Kier alpha value is -3.53. The molecule has 0 bridgehead atoms. The number of imide groups is 1. The molecule has 0 spiro atoms. The van der Waals surface area contributed by atoms with E-state index in [-0.39, 0.29) is 5.56 Å². The number of urea groups is 1. The molecular weight excluding hydrogens is 408 g/mol. The molecule has 0 radical (unpaired) electrons. The summed E-state index contributed by atoms with van der Waals surface area (Å²) in [7, 11) is 0. The molecule has 1 aromatic carbocycles. The van der Waals surface area contributed by atoms with Crippen molar-refractivity contribution in [2.24, 2.45) is 0 Å². The zero-order valence-corrected chi connectivity index (χ0v) is 17.0. The fraction of sp³-hybridized carbons (Fsp3) is 0.250. The Morgan fingerprint density at radius 1 is 1.20 bits per heavy atom. The number of fused-ring (bicyclic) bond motifs is 1. The van der Waals surface area contributed by atoms with Gasteiger partial charge in [0.2, 0.25) is 0 Å². The number of nitrogens with zero attached hydrogens (tertiary/aromatic N) is 2. The minimum Gasteiger partial charge on any atom is -0.454 e. The van der Waals surface area contributed by atoms with Gasteiger partial charge >= 0.3 is 12.0 Å². The zero-order chi connectivity index (χ0) is 21.5. The molecule has 0 aliphatic carbocycles. The standard InChI is InChI=1S/C20H20N4O5S/c1-13-4-2-6-15-18(13)22-12-24(19(15)27)10-17(26)29-11-16(25)23-20(28)21-8-7-14-5-3-9-30-14/h2-6,9,12H,7-8,10-11H2,1H3,(H2,21,23,25,28). The molecule has 0 saturated heterocycles. The van der Waals surface area contributed by atoms with Crippen molar-refractivity contribution in [1.29, 1.82) is 0 Å². The highest BCUT2D eigenvalue weighted by Crippen LogP contribution is 2.11. The Labute approximate surface area is 175 Å². The Morgan fingerprint density at radius 3 is 2.80 bits per heavy atom. The van der Waals surface area contributed by atoms with Gasteiger partial charge in [-0.1, -0.05) is 18.2 Å².